The Balaban J connectivity index is 3.56. The predicted octanol–water partition coefficient (Wildman–Crippen LogP) is 1.19. The number of rotatable bonds is 2. The highest BCUT2D eigenvalue weighted by Crippen LogP contribution is 1.94. The van der Waals surface area contributed by atoms with Crippen molar-refractivity contribution in [3.63, 3.8) is 0 Å². The second kappa shape index (κ2) is 3.50. The molecule has 0 bridgehead atoms. The van der Waals surface area contributed by atoms with Gasteiger partial charge < -0.3 is 10.8 Å². The molecule has 0 aliphatic heterocycles. The quantitative estimate of drug-likeness (QED) is 0.531. The lowest BCUT2D eigenvalue weighted by atomic mass is 10.3. The smallest absolute Gasteiger partial charge is 0.0895 e. The van der Waals surface area contributed by atoms with Crippen LogP contribution in [-0.4, -0.2) is 11.1 Å². The highest BCUT2D eigenvalue weighted by atomic mass is 16.3. The van der Waals surface area contributed by atoms with E-state index in [1.165, 1.54) is 0 Å². The maximum atomic E-state index is 8.81. The van der Waals surface area contributed by atoms with Gasteiger partial charge in [-0.1, -0.05) is 6.92 Å². The van der Waals surface area contributed by atoms with Gasteiger partial charge in [-0.3, -0.25) is 0 Å². The van der Waals surface area contributed by atoms with E-state index in [-0.39, 0.29) is 6.04 Å². The molecular weight excluding hydrogens is 102 g/mol. The van der Waals surface area contributed by atoms with Gasteiger partial charge in [0.2, 0.25) is 0 Å². The fraction of sp³-hybridized carbons (Fsp3) is 0.667. The summed E-state index contributed by atoms with van der Waals surface area (Å²) in [5, 5.41) is 8.81. The maximum absolute atomic E-state index is 8.81. The average Bonchev–Trinajstić information content (AvgIpc) is 1.65. The second-order valence-electron chi connectivity index (χ2n) is 1.87. The summed E-state index contributed by atoms with van der Waals surface area (Å²) in [7, 11) is 0. The van der Waals surface area contributed by atoms with Crippen molar-refractivity contribution in [2.24, 2.45) is 5.73 Å². The Morgan fingerprint density at radius 3 is 2.50 bits per heavy atom. The molecular formula is C6H13NO. The molecule has 0 spiro atoms. The molecule has 1 unspecified atom stereocenters. The van der Waals surface area contributed by atoms with E-state index in [1.54, 1.807) is 6.08 Å². The number of aliphatic hydroxyl groups is 1. The van der Waals surface area contributed by atoms with Crippen molar-refractivity contribution < 1.29 is 5.11 Å². The largest absolute Gasteiger partial charge is 0.513 e. The fourth-order valence-corrected chi connectivity index (χ4v) is 0.421. The van der Waals surface area contributed by atoms with Gasteiger partial charge in [-0.25, -0.2) is 0 Å². The summed E-state index contributed by atoms with van der Waals surface area (Å²) in [4.78, 5) is 0. The SMILES string of the molecule is CC/C(O)=C\C(C)N. The number of allylic oxidation sites excluding steroid dienone is 1. The molecule has 48 valence electrons. The highest BCUT2D eigenvalue weighted by Gasteiger charge is 1.88. The minimum Gasteiger partial charge on any atom is -0.513 e. The highest BCUT2D eigenvalue weighted by molar-refractivity contribution is 4.94. The first-order valence-electron chi connectivity index (χ1n) is 2.82. The Bertz CT molecular complexity index is 86.5. The van der Waals surface area contributed by atoms with E-state index in [4.69, 9.17) is 10.8 Å². The molecule has 0 aliphatic carbocycles. The van der Waals surface area contributed by atoms with Crippen LogP contribution in [0.3, 0.4) is 0 Å². The molecule has 0 heterocycles. The van der Waals surface area contributed by atoms with Gasteiger partial charge in [-0.05, 0) is 13.0 Å². The minimum absolute atomic E-state index is 0.0325. The average molecular weight is 115 g/mol. The molecule has 0 aromatic rings. The van der Waals surface area contributed by atoms with Crippen molar-refractivity contribution in [3.8, 4) is 0 Å². The molecule has 0 fully saturated rings. The predicted molar refractivity (Wildman–Crippen MR) is 34.7 cm³/mol. The lowest BCUT2D eigenvalue weighted by molar-refractivity contribution is 0.390. The van der Waals surface area contributed by atoms with Crippen LogP contribution in [0.2, 0.25) is 0 Å². The molecule has 0 aliphatic rings. The summed E-state index contributed by atoms with van der Waals surface area (Å²) < 4.78 is 0. The summed E-state index contributed by atoms with van der Waals surface area (Å²) in [5.41, 5.74) is 5.33. The topological polar surface area (TPSA) is 46.2 Å². The van der Waals surface area contributed by atoms with Crippen LogP contribution in [0.1, 0.15) is 20.3 Å². The normalized spacial score (nSPS) is 16.1. The van der Waals surface area contributed by atoms with Crippen LogP contribution >= 0.6 is 0 Å². The van der Waals surface area contributed by atoms with Gasteiger partial charge in [0.05, 0.1) is 5.76 Å². The third kappa shape index (κ3) is 3.68. The standard InChI is InChI=1S/C6H13NO/c1-3-6(8)4-5(2)7/h4-5,8H,3,7H2,1-2H3/b6-4+. The fourth-order valence-electron chi connectivity index (χ4n) is 0.421. The first-order valence-corrected chi connectivity index (χ1v) is 2.82. The molecule has 2 heteroatoms. The van der Waals surface area contributed by atoms with E-state index in [1.807, 2.05) is 13.8 Å². The van der Waals surface area contributed by atoms with E-state index < -0.39 is 0 Å². The molecule has 0 saturated carbocycles. The molecule has 0 aromatic carbocycles. The third-order valence-corrected chi connectivity index (χ3v) is 0.818. The Labute approximate surface area is 50.0 Å². The van der Waals surface area contributed by atoms with E-state index >= 15 is 0 Å². The molecule has 1 atom stereocenters. The van der Waals surface area contributed by atoms with Crippen LogP contribution in [0.15, 0.2) is 11.8 Å². The van der Waals surface area contributed by atoms with E-state index in [0.29, 0.717) is 12.2 Å². The van der Waals surface area contributed by atoms with Crippen molar-refractivity contribution >= 4 is 0 Å². The summed E-state index contributed by atoms with van der Waals surface area (Å²) in [6.45, 7) is 3.71. The zero-order valence-corrected chi connectivity index (χ0v) is 5.39. The molecule has 3 N–H and O–H groups in total. The summed E-state index contributed by atoms with van der Waals surface area (Å²) in [5.74, 6) is 0.375. The molecule has 0 radical (unpaired) electrons. The second-order valence-corrected chi connectivity index (χ2v) is 1.87. The van der Waals surface area contributed by atoms with Gasteiger partial charge in [0.25, 0.3) is 0 Å². The van der Waals surface area contributed by atoms with Crippen LogP contribution in [0.5, 0.6) is 0 Å². The number of nitrogens with two attached hydrogens (primary N) is 1. The van der Waals surface area contributed by atoms with Crippen LogP contribution in [0.4, 0.5) is 0 Å². The van der Waals surface area contributed by atoms with Crippen LogP contribution < -0.4 is 5.73 Å². The summed E-state index contributed by atoms with van der Waals surface area (Å²) in [6.07, 6.45) is 2.31. The molecule has 8 heavy (non-hydrogen) atoms. The lowest BCUT2D eigenvalue weighted by Crippen LogP contribution is -2.11. The Kier molecular flexibility index (Phi) is 3.28. The number of hydrogen-bond acceptors (Lipinski definition) is 2. The maximum Gasteiger partial charge on any atom is 0.0895 e. The Morgan fingerprint density at radius 2 is 2.38 bits per heavy atom. The Morgan fingerprint density at radius 1 is 1.88 bits per heavy atom. The van der Waals surface area contributed by atoms with Gasteiger partial charge in [-0.2, -0.15) is 0 Å². The van der Waals surface area contributed by atoms with Gasteiger partial charge in [-0.15, -0.1) is 0 Å². The van der Waals surface area contributed by atoms with Gasteiger partial charge >= 0.3 is 0 Å². The van der Waals surface area contributed by atoms with E-state index in [9.17, 15) is 0 Å². The molecule has 0 saturated heterocycles. The van der Waals surface area contributed by atoms with Gasteiger partial charge in [0.15, 0.2) is 0 Å². The van der Waals surface area contributed by atoms with Crippen molar-refractivity contribution in [1.82, 2.24) is 0 Å². The van der Waals surface area contributed by atoms with E-state index in [0.717, 1.165) is 0 Å². The van der Waals surface area contributed by atoms with Crippen molar-refractivity contribution in [1.29, 1.82) is 0 Å². The lowest BCUT2D eigenvalue weighted by Gasteiger charge is -1.96. The monoisotopic (exact) mass is 115 g/mol. The van der Waals surface area contributed by atoms with Crippen LogP contribution in [0, 0.1) is 0 Å². The van der Waals surface area contributed by atoms with Crippen LogP contribution in [-0.2, 0) is 0 Å². The van der Waals surface area contributed by atoms with E-state index in [2.05, 4.69) is 0 Å². The van der Waals surface area contributed by atoms with Crippen molar-refractivity contribution in [2.45, 2.75) is 26.3 Å². The zero-order chi connectivity index (χ0) is 6.57. The zero-order valence-electron chi connectivity index (χ0n) is 5.39. The first-order chi connectivity index (χ1) is 3.66. The first kappa shape index (κ1) is 7.50. The number of hydrogen-bond donors (Lipinski definition) is 2. The summed E-state index contributed by atoms with van der Waals surface area (Å²) >= 11 is 0. The Hall–Kier alpha value is -0.500. The molecule has 0 aromatic heterocycles. The molecule has 0 amide bonds. The number of aliphatic hydroxyl groups excluding tert-OH is 1. The summed E-state index contributed by atoms with van der Waals surface area (Å²) in [6, 6.07) is -0.0325. The van der Waals surface area contributed by atoms with Crippen molar-refractivity contribution in [3.05, 3.63) is 11.8 Å². The van der Waals surface area contributed by atoms with Gasteiger partial charge in [0, 0.05) is 12.5 Å². The van der Waals surface area contributed by atoms with Crippen LogP contribution in [0.25, 0.3) is 0 Å². The minimum atomic E-state index is -0.0325. The molecule has 0 rings (SSSR count). The van der Waals surface area contributed by atoms with Gasteiger partial charge in [0.1, 0.15) is 0 Å². The van der Waals surface area contributed by atoms with Crippen molar-refractivity contribution in [2.75, 3.05) is 0 Å². The molecule has 2 nitrogen and oxygen atoms in total. The third-order valence-electron chi connectivity index (χ3n) is 0.818.